The lowest BCUT2D eigenvalue weighted by Gasteiger charge is -2.28. The van der Waals surface area contributed by atoms with Crippen molar-refractivity contribution in [3.8, 4) is 10.6 Å². The van der Waals surface area contributed by atoms with Gasteiger partial charge < -0.3 is 9.80 Å². The van der Waals surface area contributed by atoms with Gasteiger partial charge in [-0.2, -0.15) is 0 Å². The number of carbonyl (C=O) groups excluding carboxylic acids is 2. The number of amides is 2. The Morgan fingerprint density at radius 1 is 1.29 bits per heavy atom. The van der Waals surface area contributed by atoms with Gasteiger partial charge in [-0.15, -0.1) is 11.3 Å². The zero-order chi connectivity index (χ0) is 16.9. The largest absolute Gasteiger partial charge is 0.338 e. The van der Waals surface area contributed by atoms with Crippen LogP contribution in [0.1, 0.15) is 25.0 Å². The van der Waals surface area contributed by atoms with Gasteiger partial charge in [-0.05, 0) is 12.8 Å². The van der Waals surface area contributed by atoms with E-state index in [1.54, 1.807) is 28.2 Å². The lowest BCUT2D eigenvalue weighted by atomic mass is 10.1. The zero-order valence-electron chi connectivity index (χ0n) is 13.8. The molecule has 3 rings (SSSR count). The van der Waals surface area contributed by atoms with Gasteiger partial charge >= 0.3 is 0 Å². The minimum absolute atomic E-state index is 0.0421. The van der Waals surface area contributed by atoms with Crippen LogP contribution in [0.15, 0.2) is 35.7 Å². The SMILES string of the molecule is CN(Cc1csc(-c2ccccc2)n1)C(=O)CN1CCCCC1=O. The molecule has 1 fully saturated rings. The Bertz CT molecular complexity index is 714. The predicted molar refractivity (Wildman–Crippen MR) is 94.5 cm³/mol. The molecule has 1 saturated heterocycles. The van der Waals surface area contributed by atoms with Crippen LogP contribution in [-0.4, -0.2) is 46.7 Å². The molecular weight excluding hydrogens is 322 g/mol. The lowest BCUT2D eigenvalue weighted by molar-refractivity contribution is -0.141. The van der Waals surface area contributed by atoms with Crippen molar-refractivity contribution in [2.24, 2.45) is 0 Å². The van der Waals surface area contributed by atoms with Crippen molar-refractivity contribution in [3.05, 3.63) is 41.4 Å². The quantitative estimate of drug-likeness (QED) is 0.839. The van der Waals surface area contributed by atoms with Crippen LogP contribution >= 0.6 is 11.3 Å². The molecule has 0 unspecified atom stereocenters. The molecule has 0 spiro atoms. The summed E-state index contributed by atoms with van der Waals surface area (Å²) in [4.78, 5) is 32.1. The maximum atomic E-state index is 12.3. The first-order valence-corrected chi connectivity index (χ1v) is 9.03. The van der Waals surface area contributed by atoms with Crippen LogP contribution in [0, 0.1) is 0 Å². The van der Waals surface area contributed by atoms with Crippen molar-refractivity contribution in [1.82, 2.24) is 14.8 Å². The van der Waals surface area contributed by atoms with Crippen LogP contribution < -0.4 is 0 Å². The monoisotopic (exact) mass is 343 g/mol. The topological polar surface area (TPSA) is 53.5 Å². The first kappa shape index (κ1) is 16.6. The molecule has 0 aliphatic carbocycles. The van der Waals surface area contributed by atoms with Crippen molar-refractivity contribution in [2.75, 3.05) is 20.1 Å². The normalized spacial score (nSPS) is 14.7. The molecule has 2 amide bonds. The molecule has 0 atom stereocenters. The third-order valence-corrected chi connectivity index (χ3v) is 5.09. The van der Waals surface area contributed by atoms with E-state index in [0.29, 0.717) is 19.5 Å². The maximum absolute atomic E-state index is 12.3. The van der Waals surface area contributed by atoms with Crippen molar-refractivity contribution < 1.29 is 9.59 Å². The van der Waals surface area contributed by atoms with Gasteiger partial charge in [0.1, 0.15) is 5.01 Å². The molecule has 0 saturated carbocycles. The Morgan fingerprint density at radius 2 is 2.08 bits per heavy atom. The number of carbonyl (C=O) groups is 2. The fraction of sp³-hybridized carbons (Fsp3) is 0.389. The third kappa shape index (κ3) is 4.00. The van der Waals surface area contributed by atoms with E-state index >= 15 is 0 Å². The van der Waals surface area contributed by atoms with Crippen molar-refractivity contribution >= 4 is 23.2 Å². The molecule has 0 radical (unpaired) electrons. The van der Waals surface area contributed by atoms with Crippen molar-refractivity contribution in [1.29, 1.82) is 0 Å². The van der Waals surface area contributed by atoms with E-state index in [-0.39, 0.29) is 18.4 Å². The summed E-state index contributed by atoms with van der Waals surface area (Å²) in [6.07, 6.45) is 2.47. The van der Waals surface area contributed by atoms with Crippen molar-refractivity contribution in [3.63, 3.8) is 0 Å². The minimum Gasteiger partial charge on any atom is -0.338 e. The number of likely N-dealkylation sites (N-methyl/N-ethyl adjacent to an activating group) is 1. The Hall–Kier alpha value is -2.21. The second-order valence-electron chi connectivity index (χ2n) is 6.03. The molecule has 1 aliphatic rings. The Morgan fingerprint density at radius 3 is 2.83 bits per heavy atom. The highest BCUT2D eigenvalue weighted by Crippen LogP contribution is 2.23. The first-order valence-electron chi connectivity index (χ1n) is 8.15. The predicted octanol–water partition coefficient (Wildman–Crippen LogP) is 2.78. The molecule has 126 valence electrons. The van der Waals surface area contributed by atoms with Crippen LogP contribution in [0.3, 0.4) is 0 Å². The standard InChI is InChI=1S/C18H21N3O2S/c1-20(17(23)12-21-10-6-5-9-16(21)22)11-15-13-24-18(19-15)14-7-3-2-4-8-14/h2-4,7-8,13H,5-6,9-12H2,1H3. The third-order valence-electron chi connectivity index (χ3n) is 4.14. The van der Waals surface area contributed by atoms with Gasteiger partial charge in [0.05, 0.1) is 18.8 Å². The van der Waals surface area contributed by atoms with E-state index in [1.165, 1.54) is 0 Å². The summed E-state index contributed by atoms with van der Waals surface area (Å²) in [7, 11) is 1.76. The van der Waals surface area contributed by atoms with Gasteiger partial charge in [-0.25, -0.2) is 4.98 Å². The van der Waals surface area contributed by atoms with Crippen LogP contribution in [0.4, 0.5) is 0 Å². The summed E-state index contributed by atoms with van der Waals surface area (Å²) in [5, 5.41) is 2.94. The van der Waals surface area contributed by atoms with Crippen LogP contribution in [0.5, 0.6) is 0 Å². The number of aromatic nitrogens is 1. The molecule has 1 aromatic heterocycles. The number of nitrogens with zero attached hydrogens (tertiary/aromatic N) is 3. The average molecular weight is 343 g/mol. The summed E-state index contributed by atoms with van der Waals surface area (Å²) >= 11 is 1.58. The summed E-state index contributed by atoms with van der Waals surface area (Å²) in [6.45, 7) is 1.32. The van der Waals surface area contributed by atoms with E-state index < -0.39 is 0 Å². The molecule has 1 aliphatic heterocycles. The van der Waals surface area contributed by atoms with Crippen LogP contribution in [0.2, 0.25) is 0 Å². The molecular formula is C18H21N3O2S. The fourth-order valence-corrected chi connectivity index (χ4v) is 3.55. The highest BCUT2D eigenvalue weighted by atomic mass is 32.1. The Balaban J connectivity index is 1.58. The molecule has 0 N–H and O–H groups in total. The van der Waals surface area contributed by atoms with Gasteiger partial charge in [0, 0.05) is 31.0 Å². The fourth-order valence-electron chi connectivity index (χ4n) is 2.74. The first-order chi connectivity index (χ1) is 11.6. The number of hydrogen-bond acceptors (Lipinski definition) is 4. The van der Waals surface area contributed by atoms with E-state index in [0.717, 1.165) is 29.1 Å². The molecule has 0 bridgehead atoms. The molecule has 2 heterocycles. The highest BCUT2D eigenvalue weighted by Gasteiger charge is 2.22. The molecule has 24 heavy (non-hydrogen) atoms. The summed E-state index contributed by atoms with van der Waals surface area (Å²) in [5.74, 6) is 0.0440. The Kier molecular flexibility index (Phi) is 5.25. The smallest absolute Gasteiger partial charge is 0.242 e. The summed E-state index contributed by atoms with van der Waals surface area (Å²) < 4.78 is 0. The van der Waals surface area contributed by atoms with E-state index in [1.807, 2.05) is 35.7 Å². The average Bonchev–Trinajstić information content (AvgIpc) is 3.06. The van der Waals surface area contributed by atoms with Gasteiger partial charge in [0.2, 0.25) is 11.8 Å². The van der Waals surface area contributed by atoms with Crippen molar-refractivity contribution in [2.45, 2.75) is 25.8 Å². The number of thiazole rings is 1. The zero-order valence-corrected chi connectivity index (χ0v) is 14.6. The van der Waals surface area contributed by atoms with E-state index in [9.17, 15) is 9.59 Å². The molecule has 1 aromatic carbocycles. The van der Waals surface area contributed by atoms with Gasteiger partial charge in [0.15, 0.2) is 0 Å². The summed E-state index contributed by atoms with van der Waals surface area (Å²) in [6, 6.07) is 10.0. The molecule has 5 nitrogen and oxygen atoms in total. The Labute approximate surface area is 145 Å². The lowest BCUT2D eigenvalue weighted by Crippen LogP contribution is -2.43. The molecule has 2 aromatic rings. The second-order valence-corrected chi connectivity index (χ2v) is 6.89. The summed E-state index contributed by atoms with van der Waals surface area (Å²) in [5.41, 5.74) is 1.96. The number of hydrogen-bond donors (Lipinski definition) is 0. The van der Waals surface area contributed by atoms with Gasteiger partial charge in [0.25, 0.3) is 0 Å². The van der Waals surface area contributed by atoms with E-state index in [4.69, 9.17) is 0 Å². The highest BCUT2D eigenvalue weighted by molar-refractivity contribution is 7.13. The maximum Gasteiger partial charge on any atom is 0.242 e. The minimum atomic E-state index is -0.0421. The second kappa shape index (κ2) is 7.57. The number of benzene rings is 1. The van der Waals surface area contributed by atoms with Crippen LogP contribution in [0.25, 0.3) is 10.6 Å². The number of likely N-dealkylation sites (tertiary alicyclic amines) is 1. The van der Waals surface area contributed by atoms with Crippen LogP contribution in [-0.2, 0) is 16.1 Å². The number of rotatable bonds is 5. The van der Waals surface area contributed by atoms with E-state index in [2.05, 4.69) is 4.98 Å². The van der Waals surface area contributed by atoms with Gasteiger partial charge in [-0.1, -0.05) is 30.3 Å². The number of piperidine rings is 1. The van der Waals surface area contributed by atoms with Gasteiger partial charge in [-0.3, -0.25) is 9.59 Å². The molecule has 6 heteroatoms.